The highest BCUT2D eigenvalue weighted by atomic mass is 35.5. The lowest BCUT2D eigenvalue weighted by molar-refractivity contribution is 0.550. The molecule has 0 aromatic heterocycles. The second kappa shape index (κ2) is 7.33. The third kappa shape index (κ3) is 3.67. The Bertz CT molecular complexity index is 563. The molecular weight excluding hydrogens is 313 g/mol. The largest absolute Gasteiger partial charge is 0.310 e. The van der Waals surface area contributed by atoms with E-state index in [1.165, 1.54) is 0 Å². The van der Waals surface area contributed by atoms with Gasteiger partial charge in [0.2, 0.25) is 0 Å². The molecule has 0 aliphatic carbocycles. The summed E-state index contributed by atoms with van der Waals surface area (Å²) in [6.07, 6.45) is 0.747. The Kier molecular flexibility index (Phi) is 5.74. The molecule has 20 heavy (non-hydrogen) atoms. The topological polar surface area (TPSA) is 12.0 Å². The van der Waals surface area contributed by atoms with Crippen LogP contribution in [0.2, 0.25) is 15.1 Å². The van der Waals surface area contributed by atoms with Gasteiger partial charge in [-0.3, -0.25) is 0 Å². The summed E-state index contributed by atoms with van der Waals surface area (Å²) in [5.74, 6) is 0. The smallest absolute Gasteiger partial charge is 0.0468 e. The van der Waals surface area contributed by atoms with Crippen LogP contribution in [-0.2, 0) is 6.42 Å². The van der Waals surface area contributed by atoms with E-state index in [2.05, 4.69) is 12.2 Å². The Balaban J connectivity index is 2.35. The highest BCUT2D eigenvalue weighted by Crippen LogP contribution is 2.33. The zero-order valence-electron chi connectivity index (χ0n) is 11.2. The van der Waals surface area contributed by atoms with Gasteiger partial charge >= 0.3 is 0 Å². The molecule has 106 valence electrons. The third-order valence-electron chi connectivity index (χ3n) is 3.18. The van der Waals surface area contributed by atoms with Crippen molar-refractivity contribution in [1.82, 2.24) is 5.32 Å². The SMILES string of the molecule is CCNC(Cc1ccccc1Cl)c1c(Cl)cccc1Cl. The Hall–Kier alpha value is -0.730. The van der Waals surface area contributed by atoms with E-state index in [1.807, 2.05) is 42.5 Å². The summed E-state index contributed by atoms with van der Waals surface area (Å²) in [6, 6.07) is 13.5. The molecule has 0 amide bonds. The van der Waals surface area contributed by atoms with Gasteiger partial charge in [0.05, 0.1) is 0 Å². The summed E-state index contributed by atoms with van der Waals surface area (Å²) >= 11 is 18.9. The highest BCUT2D eigenvalue weighted by Gasteiger charge is 2.18. The summed E-state index contributed by atoms with van der Waals surface area (Å²) in [4.78, 5) is 0. The van der Waals surface area contributed by atoms with Crippen LogP contribution in [0.1, 0.15) is 24.1 Å². The molecule has 0 aliphatic rings. The maximum Gasteiger partial charge on any atom is 0.0468 e. The van der Waals surface area contributed by atoms with Crippen LogP contribution in [0.5, 0.6) is 0 Å². The number of benzene rings is 2. The van der Waals surface area contributed by atoms with Gasteiger partial charge in [0.25, 0.3) is 0 Å². The minimum Gasteiger partial charge on any atom is -0.310 e. The minimum absolute atomic E-state index is 0.0427. The van der Waals surface area contributed by atoms with E-state index in [4.69, 9.17) is 34.8 Å². The summed E-state index contributed by atoms with van der Waals surface area (Å²) in [5, 5.41) is 5.54. The van der Waals surface area contributed by atoms with Gasteiger partial charge in [-0.05, 0) is 36.7 Å². The highest BCUT2D eigenvalue weighted by molar-refractivity contribution is 6.36. The molecule has 2 aromatic rings. The number of rotatable bonds is 5. The Morgan fingerprint density at radius 1 is 0.900 bits per heavy atom. The van der Waals surface area contributed by atoms with Gasteiger partial charge in [-0.1, -0.05) is 66.0 Å². The van der Waals surface area contributed by atoms with Crippen molar-refractivity contribution >= 4 is 34.8 Å². The molecule has 4 heteroatoms. The molecule has 0 aliphatic heterocycles. The van der Waals surface area contributed by atoms with Gasteiger partial charge in [-0.2, -0.15) is 0 Å². The van der Waals surface area contributed by atoms with Crippen molar-refractivity contribution < 1.29 is 0 Å². The monoisotopic (exact) mass is 327 g/mol. The lowest BCUT2D eigenvalue weighted by Gasteiger charge is -2.21. The van der Waals surface area contributed by atoms with E-state index < -0.39 is 0 Å². The Morgan fingerprint density at radius 3 is 2.10 bits per heavy atom. The number of hydrogen-bond donors (Lipinski definition) is 1. The first-order valence-corrected chi connectivity index (χ1v) is 7.67. The molecule has 1 N–H and O–H groups in total. The van der Waals surface area contributed by atoms with Crippen LogP contribution in [0.4, 0.5) is 0 Å². The summed E-state index contributed by atoms with van der Waals surface area (Å²) < 4.78 is 0. The molecule has 1 atom stereocenters. The lowest BCUT2D eigenvalue weighted by atomic mass is 9.98. The molecule has 0 fully saturated rings. The molecule has 0 spiro atoms. The Morgan fingerprint density at radius 2 is 1.50 bits per heavy atom. The average molecular weight is 329 g/mol. The summed E-state index contributed by atoms with van der Waals surface area (Å²) in [7, 11) is 0. The Labute approximate surface area is 134 Å². The predicted molar refractivity (Wildman–Crippen MR) is 88.0 cm³/mol. The van der Waals surface area contributed by atoms with Crippen molar-refractivity contribution in [2.75, 3.05) is 6.54 Å². The van der Waals surface area contributed by atoms with Gasteiger partial charge < -0.3 is 5.32 Å². The van der Waals surface area contributed by atoms with E-state index in [1.54, 1.807) is 0 Å². The fourth-order valence-electron chi connectivity index (χ4n) is 2.25. The molecule has 1 nitrogen and oxygen atoms in total. The van der Waals surface area contributed by atoms with Crippen LogP contribution in [-0.4, -0.2) is 6.54 Å². The molecule has 1 unspecified atom stereocenters. The van der Waals surface area contributed by atoms with Gasteiger partial charge in [-0.25, -0.2) is 0 Å². The number of hydrogen-bond acceptors (Lipinski definition) is 1. The first kappa shape index (κ1) is 15.7. The van der Waals surface area contributed by atoms with Gasteiger partial charge in [0.1, 0.15) is 0 Å². The molecule has 0 radical (unpaired) electrons. The zero-order valence-corrected chi connectivity index (χ0v) is 13.4. The average Bonchev–Trinajstić information content (AvgIpc) is 2.41. The molecule has 2 rings (SSSR count). The predicted octanol–water partition coefficient (Wildman–Crippen LogP) is 5.54. The van der Waals surface area contributed by atoms with E-state index in [0.29, 0.717) is 10.0 Å². The van der Waals surface area contributed by atoms with E-state index in [-0.39, 0.29) is 6.04 Å². The van der Waals surface area contributed by atoms with Crippen molar-refractivity contribution in [3.05, 3.63) is 68.7 Å². The summed E-state index contributed by atoms with van der Waals surface area (Å²) in [6.45, 7) is 2.89. The molecule has 0 heterocycles. The maximum absolute atomic E-state index is 6.31. The van der Waals surface area contributed by atoms with Crippen LogP contribution < -0.4 is 5.32 Å². The molecule has 0 saturated carbocycles. The second-order valence-electron chi connectivity index (χ2n) is 4.54. The van der Waals surface area contributed by atoms with Gasteiger partial charge in [0.15, 0.2) is 0 Å². The number of halogens is 3. The fraction of sp³-hybridized carbons (Fsp3) is 0.250. The molecule has 2 aromatic carbocycles. The van der Waals surface area contributed by atoms with Crippen molar-refractivity contribution in [2.45, 2.75) is 19.4 Å². The standard InChI is InChI=1S/C16H16Cl3N/c1-2-20-15(10-11-6-3-4-7-12(11)17)16-13(18)8-5-9-14(16)19/h3-9,15,20H,2,10H2,1H3. The van der Waals surface area contributed by atoms with Crippen LogP contribution in [0.25, 0.3) is 0 Å². The maximum atomic E-state index is 6.31. The minimum atomic E-state index is 0.0427. The molecule has 0 saturated heterocycles. The lowest BCUT2D eigenvalue weighted by Crippen LogP contribution is -2.23. The summed E-state index contributed by atoms with van der Waals surface area (Å²) in [5.41, 5.74) is 2.01. The second-order valence-corrected chi connectivity index (χ2v) is 5.76. The fourth-order valence-corrected chi connectivity index (χ4v) is 3.12. The first-order chi connectivity index (χ1) is 9.63. The first-order valence-electron chi connectivity index (χ1n) is 6.54. The van der Waals surface area contributed by atoms with Gasteiger partial charge in [0, 0.05) is 26.7 Å². The van der Waals surface area contributed by atoms with E-state index >= 15 is 0 Å². The molecule has 0 bridgehead atoms. The van der Waals surface area contributed by atoms with Crippen LogP contribution in [0.3, 0.4) is 0 Å². The van der Waals surface area contributed by atoms with Gasteiger partial charge in [-0.15, -0.1) is 0 Å². The quantitative estimate of drug-likeness (QED) is 0.760. The van der Waals surface area contributed by atoms with Crippen molar-refractivity contribution in [3.63, 3.8) is 0 Å². The normalized spacial score (nSPS) is 12.4. The van der Waals surface area contributed by atoms with Crippen molar-refractivity contribution in [2.24, 2.45) is 0 Å². The van der Waals surface area contributed by atoms with Crippen molar-refractivity contribution in [1.29, 1.82) is 0 Å². The number of nitrogens with one attached hydrogen (secondary N) is 1. The molecular formula is C16H16Cl3N. The van der Waals surface area contributed by atoms with Crippen LogP contribution in [0, 0.1) is 0 Å². The zero-order chi connectivity index (χ0) is 14.5. The van der Waals surface area contributed by atoms with Crippen LogP contribution in [0.15, 0.2) is 42.5 Å². The number of likely N-dealkylation sites (N-methyl/N-ethyl adjacent to an activating group) is 1. The van der Waals surface area contributed by atoms with Crippen LogP contribution >= 0.6 is 34.8 Å². The third-order valence-corrected chi connectivity index (χ3v) is 4.21. The van der Waals surface area contributed by atoms with E-state index in [0.717, 1.165) is 29.1 Å². The van der Waals surface area contributed by atoms with Crippen molar-refractivity contribution in [3.8, 4) is 0 Å². The van der Waals surface area contributed by atoms with E-state index in [9.17, 15) is 0 Å².